The number of hydrogen-bond acceptors (Lipinski definition) is 6. The predicted molar refractivity (Wildman–Crippen MR) is 284 cm³/mol. The van der Waals surface area contributed by atoms with Crippen LogP contribution in [0.15, 0.2) is 97.2 Å². The van der Waals surface area contributed by atoms with Gasteiger partial charge in [-0.3, -0.25) is 14.4 Å². The number of hydrogen-bond donors (Lipinski definition) is 0. The largest absolute Gasteiger partial charge is 0.462 e. The quantitative estimate of drug-likeness (QED) is 0.0199. The molecule has 0 aromatic rings. The molecule has 0 aromatic heterocycles. The van der Waals surface area contributed by atoms with Crippen molar-refractivity contribution < 1.29 is 28.6 Å². The summed E-state index contributed by atoms with van der Waals surface area (Å²) < 4.78 is 16.8. The first-order valence-corrected chi connectivity index (χ1v) is 27.3. The molecule has 0 aliphatic heterocycles. The van der Waals surface area contributed by atoms with Gasteiger partial charge >= 0.3 is 17.9 Å². The van der Waals surface area contributed by atoms with E-state index in [2.05, 4.69) is 57.2 Å². The lowest BCUT2D eigenvalue weighted by Crippen LogP contribution is -2.30. The molecule has 0 spiro atoms. The standard InChI is InChI=1S/C60H100O6/c1-4-7-10-13-16-19-22-25-28-30-32-35-38-41-44-47-50-53-59(62)65-56-57(55-64-58(61)52-49-46-43-40-37-34-27-24-21-18-15-12-9-6-3)66-60(63)54-51-48-45-42-39-36-33-31-29-26-23-20-17-14-11-8-5-2/h7,9-10,12-13,16,18-19,21-22,25,28,30,32,35,38,57H,4-6,8,11,14-15,17,20,23-24,26-27,29,31,33-34,36-37,39-56H2,1-3H3/b10-7-,12-9-,16-13-,21-18-,22-19-,28-25-,32-30+,38-35-. The first-order valence-electron chi connectivity index (χ1n) is 27.3. The van der Waals surface area contributed by atoms with Gasteiger partial charge in [0, 0.05) is 19.3 Å². The Labute approximate surface area is 407 Å². The van der Waals surface area contributed by atoms with Crippen molar-refractivity contribution in [3.8, 4) is 0 Å². The summed E-state index contributed by atoms with van der Waals surface area (Å²) in [7, 11) is 0. The van der Waals surface area contributed by atoms with Gasteiger partial charge in [-0.1, -0.05) is 259 Å². The molecule has 376 valence electrons. The number of allylic oxidation sites excluding steroid dienone is 16. The van der Waals surface area contributed by atoms with Gasteiger partial charge < -0.3 is 14.2 Å². The molecule has 6 nitrogen and oxygen atoms in total. The van der Waals surface area contributed by atoms with Crippen LogP contribution in [-0.2, 0) is 28.6 Å². The second kappa shape index (κ2) is 53.9. The van der Waals surface area contributed by atoms with E-state index in [-0.39, 0.29) is 31.1 Å². The van der Waals surface area contributed by atoms with Gasteiger partial charge in [0.2, 0.25) is 0 Å². The van der Waals surface area contributed by atoms with Crippen molar-refractivity contribution in [2.45, 2.75) is 252 Å². The minimum Gasteiger partial charge on any atom is -0.462 e. The average molecular weight is 917 g/mol. The highest BCUT2D eigenvalue weighted by molar-refractivity contribution is 5.71. The third kappa shape index (κ3) is 51.3. The van der Waals surface area contributed by atoms with Crippen LogP contribution in [0.25, 0.3) is 0 Å². The molecule has 0 N–H and O–H groups in total. The van der Waals surface area contributed by atoms with E-state index in [4.69, 9.17) is 14.2 Å². The number of rotatable bonds is 48. The first-order chi connectivity index (χ1) is 32.5. The lowest BCUT2D eigenvalue weighted by atomic mass is 10.0. The van der Waals surface area contributed by atoms with Crippen molar-refractivity contribution in [1.29, 1.82) is 0 Å². The lowest BCUT2D eigenvalue weighted by molar-refractivity contribution is -0.167. The molecule has 1 unspecified atom stereocenters. The molecule has 66 heavy (non-hydrogen) atoms. The highest BCUT2D eigenvalue weighted by atomic mass is 16.6. The average Bonchev–Trinajstić information content (AvgIpc) is 3.31. The van der Waals surface area contributed by atoms with E-state index in [1.165, 1.54) is 116 Å². The summed E-state index contributed by atoms with van der Waals surface area (Å²) in [6, 6.07) is 0. The van der Waals surface area contributed by atoms with Crippen LogP contribution in [0.5, 0.6) is 0 Å². The minimum atomic E-state index is -0.798. The number of carbonyl (C=O) groups excluding carboxylic acids is 3. The van der Waals surface area contributed by atoms with Crippen molar-refractivity contribution in [2.75, 3.05) is 13.2 Å². The molecule has 0 radical (unpaired) electrons. The third-order valence-corrected chi connectivity index (χ3v) is 11.5. The van der Waals surface area contributed by atoms with Gasteiger partial charge in [0.1, 0.15) is 13.2 Å². The molecule has 0 heterocycles. The maximum absolute atomic E-state index is 12.8. The Morgan fingerprint density at radius 2 is 0.667 bits per heavy atom. The summed E-state index contributed by atoms with van der Waals surface area (Å²) >= 11 is 0. The van der Waals surface area contributed by atoms with Crippen molar-refractivity contribution >= 4 is 17.9 Å². The van der Waals surface area contributed by atoms with E-state index in [0.717, 1.165) is 89.9 Å². The minimum absolute atomic E-state index is 0.0954. The monoisotopic (exact) mass is 917 g/mol. The second-order valence-electron chi connectivity index (χ2n) is 17.9. The van der Waals surface area contributed by atoms with E-state index in [1.54, 1.807) is 0 Å². The van der Waals surface area contributed by atoms with Crippen molar-refractivity contribution in [1.82, 2.24) is 0 Å². The topological polar surface area (TPSA) is 78.9 Å². The summed E-state index contributed by atoms with van der Waals surface area (Å²) in [6.45, 7) is 6.35. The normalized spacial score (nSPS) is 12.8. The first kappa shape index (κ1) is 62.3. The van der Waals surface area contributed by atoms with Crippen LogP contribution >= 0.6 is 0 Å². The van der Waals surface area contributed by atoms with Gasteiger partial charge in [0.25, 0.3) is 0 Å². The smallest absolute Gasteiger partial charge is 0.306 e. The van der Waals surface area contributed by atoms with Crippen LogP contribution in [0.2, 0.25) is 0 Å². The number of ether oxygens (including phenoxy) is 3. The summed E-state index contributed by atoms with van der Waals surface area (Å²) in [5.74, 6) is -0.944. The zero-order valence-corrected chi connectivity index (χ0v) is 42.9. The van der Waals surface area contributed by atoms with E-state index >= 15 is 0 Å². The fraction of sp³-hybridized carbons (Fsp3) is 0.683. The molecular weight excluding hydrogens is 817 g/mol. The molecule has 0 fully saturated rings. The van der Waals surface area contributed by atoms with Crippen molar-refractivity contribution in [2.24, 2.45) is 0 Å². The van der Waals surface area contributed by atoms with Gasteiger partial charge in [0.15, 0.2) is 6.10 Å². The van der Waals surface area contributed by atoms with E-state index in [1.807, 2.05) is 60.8 Å². The molecule has 0 aliphatic carbocycles. The van der Waals surface area contributed by atoms with Crippen LogP contribution in [0.1, 0.15) is 245 Å². The molecule has 0 aromatic carbocycles. The highest BCUT2D eigenvalue weighted by Crippen LogP contribution is 2.16. The van der Waals surface area contributed by atoms with Gasteiger partial charge in [-0.25, -0.2) is 0 Å². The molecule has 0 saturated heterocycles. The lowest BCUT2D eigenvalue weighted by Gasteiger charge is -2.18. The molecule has 0 aliphatic rings. The Hall–Kier alpha value is -3.67. The van der Waals surface area contributed by atoms with Gasteiger partial charge in [-0.15, -0.1) is 0 Å². The van der Waals surface area contributed by atoms with Crippen LogP contribution in [0, 0.1) is 0 Å². The molecule has 0 bridgehead atoms. The Morgan fingerprint density at radius 1 is 0.333 bits per heavy atom. The van der Waals surface area contributed by atoms with Gasteiger partial charge in [-0.05, 0) is 64.2 Å². The van der Waals surface area contributed by atoms with Crippen LogP contribution < -0.4 is 0 Å². The molecule has 0 amide bonds. The van der Waals surface area contributed by atoms with E-state index in [9.17, 15) is 14.4 Å². The van der Waals surface area contributed by atoms with Gasteiger partial charge in [0.05, 0.1) is 0 Å². The summed E-state index contributed by atoms with van der Waals surface area (Å²) in [5, 5.41) is 0. The molecule has 0 rings (SSSR count). The summed E-state index contributed by atoms with van der Waals surface area (Å²) in [6.07, 6.45) is 71.0. The number of unbranched alkanes of at least 4 members (excludes halogenated alkanes) is 26. The summed E-state index contributed by atoms with van der Waals surface area (Å²) in [4.78, 5) is 38.1. The Balaban J connectivity index is 4.47. The predicted octanol–water partition coefficient (Wildman–Crippen LogP) is 18.1. The van der Waals surface area contributed by atoms with Crippen LogP contribution in [0.3, 0.4) is 0 Å². The second-order valence-corrected chi connectivity index (χ2v) is 17.9. The SMILES string of the molecule is CC\C=C/C=C\C=C/C=C\C=C\C=C/CCCCCC(=O)OCC(COC(=O)CCCCCCCCC/C=C\C/C=C\CC)OC(=O)CCCCCCCCCCCCCCCCCCC. The molecule has 0 saturated carbocycles. The van der Waals surface area contributed by atoms with Crippen LogP contribution in [0.4, 0.5) is 0 Å². The highest BCUT2D eigenvalue weighted by Gasteiger charge is 2.19. The van der Waals surface area contributed by atoms with E-state index in [0.29, 0.717) is 19.3 Å². The Kier molecular flexibility index (Phi) is 50.9. The van der Waals surface area contributed by atoms with E-state index < -0.39 is 6.10 Å². The van der Waals surface area contributed by atoms with Crippen molar-refractivity contribution in [3.63, 3.8) is 0 Å². The van der Waals surface area contributed by atoms with Crippen molar-refractivity contribution in [3.05, 3.63) is 97.2 Å². The molecule has 1 atom stereocenters. The fourth-order valence-electron chi connectivity index (χ4n) is 7.45. The Morgan fingerprint density at radius 3 is 1.11 bits per heavy atom. The number of esters is 3. The van der Waals surface area contributed by atoms with Gasteiger partial charge in [-0.2, -0.15) is 0 Å². The molecular formula is C60H100O6. The third-order valence-electron chi connectivity index (χ3n) is 11.5. The molecule has 6 heteroatoms. The van der Waals surface area contributed by atoms with Crippen LogP contribution in [-0.4, -0.2) is 37.2 Å². The zero-order valence-electron chi connectivity index (χ0n) is 42.9. The maximum Gasteiger partial charge on any atom is 0.306 e. The summed E-state index contributed by atoms with van der Waals surface area (Å²) in [5.41, 5.74) is 0. The Bertz CT molecular complexity index is 1330. The maximum atomic E-state index is 12.8. The fourth-order valence-corrected chi connectivity index (χ4v) is 7.45. The zero-order chi connectivity index (χ0) is 47.9. The number of carbonyl (C=O) groups is 3.